The number of aromatic nitrogens is 1. The van der Waals surface area contributed by atoms with Gasteiger partial charge in [0.1, 0.15) is 5.60 Å². The highest BCUT2D eigenvalue weighted by atomic mass is 16.3. The van der Waals surface area contributed by atoms with Gasteiger partial charge in [0.15, 0.2) is 0 Å². The molecule has 1 aromatic carbocycles. The van der Waals surface area contributed by atoms with Gasteiger partial charge < -0.3 is 5.11 Å². The lowest BCUT2D eigenvalue weighted by Gasteiger charge is -2.28. The molecule has 2 nitrogen and oxygen atoms in total. The van der Waals surface area contributed by atoms with E-state index in [-0.39, 0.29) is 0 Å². The molecular formula is C17H17NO. The van der Waals surface area contributed by atoms with Crippen LogP contribution in [0.3, 0.4) is 0 Å². The minimum absolute atomic E-state index is 0.744. The molecule has 3 rings (SSSR count). The second-order valence-electron chi connectivity index (χ2n) is 5.12. The first-order valence-corrected chi connectivity index (χ1v) is 6.61. The summed E-state index contributed by atoms with van der Waals surface area (Å²) in [5, 5.41) is 11.1. The number of aliphatic hydroxyl groups is 1. The van der Waals surface area contributed by atoms with Gasteiger partial charge in [-0.25, -0.2) is 0 Å². The topological polar surface area (TPSA) is 33.1 Å². The number of nitrogens with zero attached hydrogens (tertiary/aromatic N) is 1. The predicted molar refractivity (Wildman–Crippen MR) is 76.5 cm³/mol. The zero-order valence-electron chi connectivity index (χ0n) is 11.0. The summed E-state index contributed by atoms with van der Waals surface area (Å²) in [5.41, 5.74) is 3.34. The summed E-state index contributed by atoms with van der Waals surface area (Å²) in [5.74, 6) is 0. The SMILES string of the molecule is Cc1cccc(C2(O)CCC=C2c2ccncc2)c1. The number of hydrogen-bond donors (Lipinski definition) is 1. The molecule has 1 aromatic heterocycles. The van der Waals surface area contributed by atoms with Crippen LogP contribution in [0.1, 0.15) is 29.5 Å². The maximum Gasteiger partial charge on any atom is 0.115 e. The van der Waals surface area contributed by atoms with Gasteiger partial charge in [-0.05, 0) is 48.6 Å². The van der Waals surface area contributed by atoms with E-state index in [1.54, 1.807) is 12.4 Å². The summed E-state index contributed by atoms with van der Waals surface area (Å²) in [7, 11) is 0. The molecule has 0 aliphatic heterocycles. The molecule has 96 valence electrons. The summed E-state index contributed by atoms with van der Waals surface area (Å²) in [6, 6.07) is 12.0. The van der Waals surface area contributed by atoms with Gasteiger partial charge in [0.25, 0.3) is 0 Å². The molecule has 0 radical (unpaired) electrons. The molecular weight excluding hydrogens is 234 g/mol. The summed E-state index contributed by atoms with van der Waals surface area (Å²) in [6.45, 7) is 2.05. The van der Waals surface area contributed by atoms with E-state index < -0.39 is 5.60 Å². The van der Waals surface area contributed by atoms with Crippen molar-refractivity contribution in [3.05, 3.63) is 71.6 Å². The fourth-order valence-electron chi connectivity index (χ4n) is 2.82. The van der Waals surface area contributed by atoms with E-state index in [1.165, 1.54) is 5.56 Å². The number of rotatable bonds is 2. The Morgan fingerprint density at radius 3 is 2.68 bits per heavy atom. The van der Waals surface area contributed by atoms with Crippen molar-refractivity contribution in [3.8, 4) is 0 Å². The Morgan fingerprint density at radius 2 is 1.95 bits per heavy atom. The standard InChI is InChI=1S/C17H17NO/c1-13-4-2-5-15(12-13)17(19)9-3-6-16(17)14-7-10-18-11-8-14/h2,4-8,10-12,19H,3,9H2,1H3. The van der Waals surface area contributed by atoms with Crippen molar-refractivity contribution < 1.29 is 5.11 Å². The van der Waals surface area contributed by atoms with Crippen molar-refractivity contribution in [1.82, 2.24) is 4.98 Å². The van der Waals surface area contributed by atoms with Crippen LogP contribution >= 0.6 is 0 Å². The van der Waals surface area contributed by atoms with Crippen molar-refractivity contribution in [1.29, 1.82) is 0 Å². The molecule has 0 fully saturated rings. The van der Waals surface area contributed by atoms with Crippen LogP contribution in [-0.4, -0.2) is 10.1 Å². The summed E-state index contributed by atoms with van der Waals surface area (Å²) in [4.78, 5) is 4.04. The molecule has 0 spiro atoms. The molecule has 1 unspecified atom stereocenters. The second-order valence-corrected chi connectivity index (χ2v) is 5.12. The minimum Gasteiger partial charge on any atom is -0.380 e. The molecule has 2 aromatic rings. The van der Waals surface area contributed by atoms with E-state index in [9.17, 15) is 5.11 Å². The van der Waals surface area contributed by atoms with Crippen molar-refractivity contribution in [2.45, 2.75) is 25.4 Å². The zero-order chi connectivity index (χ0) is 13.3. The van der Waals surface area contributed by atoms with Crippen LogP contribution in [0.2, 0.25) is 0 Å². The average molecular weight is 251 g/mol. The van der Waals surface area contributed by atoms with E-state index in [0.717, 1.165) is 29.5 Å². The fraction of sp³-hybridized carbons (Fsp3) is 0.235. The monoisotopic (exact) mass is 251 g/mol. The summed E-state index contributed by atoms with van der Waals surface area (Å²) >= 11 is 0. The lowest BCUT2D eigenvalue weighted by molar-refractivity contribution is 0.0994. The average Bonchev–Trinajstić information content (AvgIpc) is 2.83. The highest BCUT2D eigenvalue weighted by molar-refractivity contribution is 5.75. The normalized spacial score (nSPS) is 22.3. The van der Waals surface area contributed by atoms with Gasteiger partial charge >= 0.3 is 0 Å². The Bertz CT molecular complexity index is 618. The van der Waals surface area contributed by atoms with Crippen molar-refractivity contribution in [2.75, 3.05) is 0 Å². The van der Waals surface area contributed by atoms with Crippen LogP contribution in [0.15, 0.2) is 54.9 Å². The van der Waals surface area contributed by atoms with Gasteiger partial charge in [0.2, 0.25) is 0 Å². The number of allylic oxidation sites excluding steroid dienone is 1. The smallest absolute Gasteiger partial charge is 0.115 e. The van der Waals surface area contributed by atoms with E-state index >= 15 is 0 Å². The van der Waals surface area contributed by atoms with Gasteiger partial charge in [-0.1, -0.05) is 35.9 Å². The molecule has 1 heterocycles. The van der Waals surface area contributed by atoms with Gasteiger partial charge in [0, 0.05) is 12.4 Å². The largest absolute Gasteiger partial charge is 0.380 e. The maximum atomic E-state index is 11.1. The van der Waals surface area contributed by atoms with Gasteiger partial charge in [-0.15, -0.1) is 0 Å². The lowest BCUT2D eigenvalue weighted by atomic mass is 9.83. The third kappa shape index (κ3) is 2.08. The van der Waals surface area contributed by atoms with Crippen LogP contribution in [0.25, 0.3) is 5.57 Å². The number of hydrogen-bond acceptors (Lipinski definition) is 2. The van der Waals surface area contributed by atoms with Crippen molar-refractivity contribution in [2.24, 2.45) is 0 Å². The lowest BCUT2D eigenvalue weighted by Crippen LogP contribution is -2.24. The first-order chi connectivity index (χ1) is 9.20. The Kier molecular flexibility index (Phi) is 2.96. The molecule has 19 heavy (non-hydrogen) atoms. The molecule has 0 saturated carbocycles. The molecule has 0 bridgehead atoms. The van der Waals surface area contributed by atoms with E-state index in [0.29, 0.717) is 0 Å². The fourth-order valence-corrected chi connectivity index (χ4v) is 2.82. The molecule has 1 aliphatic carbocycles. The van der Waals surface area contributed by atoms with E-state index in [2.05, 4.69) is 30.1 Å². The third-order valence-corrected chi connectivity index (χ3v) is 3.79. The molecule has 1 N–H and O–H groups in total. The van der Waals surface area contributed by atoms with Crippen LogP contribution in [-0.2, 0) is 5.60 Å². The van der Waals surface area contributed by atoms with Crippen LogP contribution < -0.4 is 0 Å². The van der Waals surface area contributed by atoms with Gasteiger partial charge in [-0.3, -0.25) is 4.98 Å². The summed E-state index contributed by atoms with van der Waals surface area (Å²) < 4.78 is 0. The Labute approximate surface area is 113 Å². The summed E-state index contributed by atoms with van der Waals surface area (Å²) in [6.07, 6.45) is 7.32. The highest BCUT2D eigenvalue weighted by Crippen LogP contribution is 2.44. The van der Waals surface area contributed by atoms with Gasteiger partial charge in [-0.2, -0.15) is 0 Å². The van der Waals surface area contributed by atoms with E-state index in [4.69, 9.17) is 0 Å². The quantitative estimate of drug-likeness (QED) is 0.886. The molecule has 2 heteroatoms. The molecule has 0 saturated heterocycles. The predicted octanol–water partition coefficient (Wildman–Crippen LogP) is 3.46. The third-order valence-electron chi connectivity index (χ3n) is 3.79. The number of benzene rings is 1. The zero-order valence-corrected chi connectivity index (χ0v) is 11.0. The highest BCUT2D eigenvalue weighted by Gasteiger charge is 2.37. The Balaban J connectivity index is 2.07. The molecule has 0 amide bonds. The Hall–Kier alpha value is -1.93. The first kappa shape index (κ1) is 12.1. The van der Waals surface area contributed by atoms with Gasteiger partial charge in [0.05, 0.1) is 0 Å². The van der Waals surface area contributed by atoms with Crippen LogP contribution in [0.5, 0.6) is 0 Å². The van der Waals surface area contributed by atoms with E-state index in [1.807, 2.05) is 24.3 Å². The molecule has 1 aliphatic rings. The van der Waals surface area contributed by atoms with Crippen molar-refractivity contribution >= 4 is 5.57 Å². The van der Waals surface area contributed by atoms with Crippen molar-refractivity contribution in [3.63, 3.8) is 0 Å². The number of aryl methyl sites for hydroxylation is 1. The van der Waals surface area contributed by atoms with Crippen LogP contribution in [0.4, 0.5) is 0 Å². The second kappa shape index (κ2) is 4.63. The number of pyridine rings is 1. The Morgan fingerprint density at radius 1 is 1.16 bits per heavy atom. The minimum atomic E-state index is -0.868. The molecule has 1 atom stereocenters. The van der Waals surface area contributed by atoms with Crippen LogP contribution in [0, 0.1) is 6.92 Å². The maximum absolute atomic E-state index is 11.1. The first-order valence-electron chi connectivity index (χ1n) is 6.61.